The highest BCUT2D eigenvalue weighted by Gasteiger charge is 2.19. The van der Waals surface area contributed by atoms with E-state index in [0.717, 1.165) is 35.7 Å². The number of aliphatic hydroxyl groups is 1. The van der Waals surface area contributed by atoms with Gasteiger partial charge in [-0.15, -0.1) is 12.4 Å². The lowest BCUT2D eigenvalue weighted by Gasteiger charge is -2.26. The van der Waals surface area contributed by atoms with Crippen LogP contribution in [0.25, 0.3) is 0 Å². The summed E-state index contributed by atoms with van der Waals surface area (Å²) in [5.41, 5.74) is 0.877. The molecule has 1 aromatic rings. The predicted molar refractivity (Wildman–Crippen MR) is 85.9 cm³/mol. The molecule has 0 heterocycles. The van der Waals surface area contributed by atoms with Gasteiger partial charge >= 0.3 is 0 Å². The Hall–Kier alpha value is 0.190. The molecule has 0 unspecified atom stereocenters. The first-order chi connectivity index (χ1) is 8.56. The Morgan fingerprint density at radius 2 is 1.79 bits per heavy atom. The van der Waals surface area contributed by atoms with Crippen molar-refractivity contribution < 1.29 is 10.2 Å². The second kappa shape index (κ2) is 7.84. The summed E-state index contributed by atoms with van der Waals surface area (Å²) in [6.07, 6.45) is 3.60. The Morgan fingerprint density at radius 1 is 1.16 bits per heavy atom. The minimum atomic E-state index is -0.128. The summed E-state index contributed by atoms with van der Waals surface area (Å²) in [6, 6.07) is 4.19. The fourth-order valence-corrected chi connectivity index (χ4v) is 3.60. The molecule has 0 saturated heterocycles. The Bertz CT molecular complexity index is 423. The highest BCUT2D eigenvalue weighted by atomic mass is 79.9. The molecule has 0 bridgehead atoms. The third-order valence-corrected chi connectivity index (χ3v) is 4.45. The van der Waals surface area contributed by atoms with E-state index < -0.39 is 0 Å². The van der Waals surface area contributed by atoms with E-state index in [-0.39, 0.29) is 18.5 Å². The monoisotopic (exact) mass is 413 g/mol. The highest BCUT2D eigenvalue weighted by Crippen LogP contribution is 2.31. The van der Waals surface area contributed by atoms with Gasteiger partial charge in [-0.1, -0.05) is 15.9 Å². The zero-order chi connectivity index (χ0) is 13.1. The molecule has 19 heavy (non-hydrogen) atoms. The van der Waals surface area contributed by atoms with Crippen molar-refractivity contribution >= 4 is 44.3 Å². The van der Waals surface area contributed by atoms with Crippen LogP contribution in [0.4, 0.5) is 0 Å². The first kappa shape index (κ1) is 17.2. The van der Waals surface area contributed by atoms with Gasteiger partial charge in [0.15, 0.2) is 0 Å². The van der Waals surface area contributed by atoms with Gasteiger partial charge in [-0.25, -0.2) is 0 Å². The van der Waals surface area contributed by atoms with Gasteiger partial charge in [0.25, 0.3) is 0 Å². The summed E-state index contributed by atoms with van der Waals surface area (Å²) in [4.78, 5) is 0. The maximum absolute atomic E-state index is 9.95. The van der Waals surface area contributed by atoms with E-state index in [2.05, 4.69) is 37.2 Å². The lowest BCUT2D eigenvalue weighted by molar-refractivity contribution is 0.116. The third-order valence-electron chi connectivity index (χ3n) is 3.39. The molecular weight excluding hydrogens is 397 g/mol. The fraction of sp³-hybridized carbons (Fsp3) is 0.538. The third kappa shape index (κ3) is 4.90. The molecule has 6 heteroatoms. The van der Waals surface area contributed by atoms with Crippen LogP contribution in [-0.2, 0) is 6.54 Å². The normalized spacial score (nSPS) is 22.9. The first-order valence-corrected chi connectivity index (χ1v) is 7.73. The minimum Gasteiger partial charge on any atom is -0.506 e. The van der Waals surface area contributed by atoms with Gasteiger partial charge in [-0.05, 0) is 53.7 Å². The second-order valence-corrected chi connectivity index (χ2v) is 6.55. The first-order valence-electron chi connectivity index (χ1n) is 6.14. The van der Waals surface area contributed by atoms with E-state index in [4.69, 9.17) is 0 Å². The van der Waals surface area contributed by atoms with Crippen LogP contribution in [-0.4, -0.2) is 22.4 Å². The van der Waals surface area contributed by atoms with E-state index in [1.165, 1.54) is 0 Å². The van der Waals surface area contributed by atoms with E-state index >= 15 is 0 Å². The van der Waals surface area contributed by atoms with Crippen molar-refractivity contribution in [3.8, 4) is 5.75 Å². The summed E-state index contributed by atoms with van der Waals surface area (Å²) in [6.45, 7) is 0.643. The van der Waals surface area contributed by atoms with Gasteiger partial charge in [0.05, 0.1) is 10.6 Å². The van der Waals surface area contributed by atoms with Crippen LogP contribution in [0, 0.1) is 0 Å². The Balaban J connectivity index is 0.00000180. The largest absolute Gasteiger partial charge is 0.506 e. The van der Waals surface area contributed by atoms with Crippen LogP contribution >= 0.6 is 44.3 Å². The molecule has 0 amide bonds. The zero-order valence-corrected chi connectivity index (χ0v) is 14.4. The topological polar surface area (TPSA) is 52.5 Å². The van der Waals surface area contributed by atoms with E-state index in [1.807, 2.05) is 12.1 Å². The summed E-state index contributed by atoms with van der Waals surface area (Å²) in [5.74, 6) is 0.293. The molecule has 108 valence electrons. The van der Waals surface area contributed by atoms with E-state index in [1.54, 1.807) is 0 Å². The van der Waals surface area contributed by atoms with Crippen LogP contribution in [0.1, 0.15) is 31.2 Å². The lowest BCUT2D eigenvalue weighted by atomic mass is 9.93. The molecule has 1 aliphatic rings. The number of aromatic hydroxyl groups is 1. The van der Waals surface area contributed by atoms with Crippen molar-refractivity contribution in [1.82, 2.24) is 5.32 Å². The molecule has 0 aromatic heterocycles. The lowest BCUT2D eigenvalue weighted by Crippen LogP contribution is -2.34. The summed E-state index contributed by atoms with van der Waals surface area (Å²) < 4.78 is 1.65. The summed E-state index contributed by atoms with van der Waals surface area (Å²) in [7, 11) is 0. The fourth-order valence-electron chi connectivity index (χ4n) is 2.29. The SMILES string of the molecule is Cl.Oc1c(Br)cc(Br)cc1CNC1CCC(O)CC1. The highest BCUT2D eigenvalue weighted by molar-refractivity contribution is 9.11. The van der Waals surface area contributed by atoms with Crippen LogP contribution in [0.3, 0.4) is 0 Å². The Labute approximate surface area is 136 Å². The molecule has 0 radical (unpaired) electrons. The quantitative estimate of drug-likeness (QED) is 0.705. The van der Waals surface area contributed by atoms with Gasteiger partial charge in [0.1, 0.15) is 5.75 Å². The second-order valence-electron chi connectivity index (χ2n) is 4.78. The number of phenols is 1. The van der Waals surface area contributed by atoms with Crippen molar-refractivity contribution in [2.75, 3.05) is 0 Å². The predicted octanol–water partition coefficient (Wildman–Crippen LogP) is 3.73. The van der Waals surface area contributed by atoms with Crippen LogP contribution in [0.2, 0.25) is 0 Å². The molecule has 1 saturated carbocycles. The van der Waals surface area contributed by atoms with Crippen LogP contribution in [0.15, 0.2) is 21.1 Å². The van der Waals surface area contributed by atoms with Gasteiger partial charge < -0.3 is 15.5 Å². The summed E-state index contributed by atoms with van der Waals surface area (Å²) >= 11 is 6.75. The van der Waals surface area contributed by atoms with Crippen molar-refractivity contribution in [1.29, 1.82) is 0 Å². The van der Waals surface area contributed by atoms with Crippen molar-refractivity contribution in [3.05, 3.63) is 26.6 Å². The molecule has 2 rings (SSSR count). The molecular formula is C13H18Br2ClNO2. The number of hydrogen-bond acceptors (Lipinski definition) is 3. The number of rotatable bonds is 3. The molecule has 1 aliphatic carbocycles. The van der Waals surface area contributed by atoms with Gasteiger partial charge in [0, 0.05) is 22.6 Å². The Morgan fingerprint density at radius 3 is 2.42 bits per heavy atom. The van der Waals surface area contributed by atoms with Gasteiger partial charge in [-0.2, -0.15) is 0 Å². The number of nitrogens with one attached hydrogen (secondary N) is 1. The molecule has 3 nitrogen and oxygen atoms in total. The van der Waals surface area contributed by atoms with Crippen molar-refractivity contribution in [3.63, 3.8) is 0 Å². The zero-order valence-electron chi connectivity index (χ0n) is 10.4. The van der Waals surface area contributed by atoms with Crippen LogP contribution < -0.4 is 5.32 Å². The number of benzene rings is 1. The van der Waals surface area contributed by atoms with E-state index in [9.17, 15) is 10.2 Å². The molecule has 1 fully saturated rings. The smallest absolute Gasteiger partial charge is 0.134 e. The number of aliphatic hydroxyl groups excluding tert-OH is 1. The minimum absolute atomic E-state index is 0. The molecule has 0 aliphatic heterocycles. The summed E-state index contributed by atoms with van der Waals surface area (Å²) in [5, 5.41) is 22.8. The molecule has 3 N–H and O–H groups in total. The van der Waals surface area contributed by atoms with Gasteiger partial charge in [0.2, 0.25) is 0 Å². The molecule has 0 atom stereocenters. The standard InChI is InChI=1S/C13H17Br2NO2.ClH/c14-9-5-8(13(18)12(15)6-9)7-16-10-1-3-11(17)4-2-10;/h5-6,10-11,16-18H,1-4,7H2;1H. The average Bonchev–Trinajstić information content (AvgIpc) is 2.34. The number of hydrogen-bond donors (Lipinski definition) is 3. The molecule has 1 aromatic carbocycles. The van der Waals surface area contributed by atoms with Gasteiger partial charge in [-0.3, -0.25) is 0 Å². The maximum Gasteiger partial charge on any atom is 0.134 e. The number of halogens is 3. The molecule has 0 spiro atoms. The van der Waals surface area contributed by atoms with E-state index in [0.29, 0.717) is 22.8 Å². The maximum atomic E-state index is 9.95. The average molecular weight is 416 g/mol. The van der Waals surface area contributed by atoms with Crippen LogP contribution in [0.5, 0.6) is 5.75 Å². The Kier molecular flexibility index (Phi) is 7.11. The van der Waals surface area contributed by atoms with Crippen molar-refractivity contribution in [2.24, 2.45) is 0 Å². The number of phenolic OH excluding ortho intramolecular Hbond substituents is 1. The van der Waals surface area contributed by atoms with Crippen molar-refractivity contribution in [2.45, 2.75) is 44.4 Å².